The second-order valence-electron chi connectivity index (χ2n) is 6.70. The lowest BCUT2D eigenvalue weighted by Gasteiger charge is -2.17. The highest BCUT2D eigenvalue weighted by atomic mass is 35.5. The maximum atomic E-state index is 13.2. The van der Waals surface area contributed by atoms with Gasteiger partial charge in [0.1, 0.15) is 5.69 Å². The van der Waals surface area contributed by atoms with Gasteiger partial charge in [-0.15, -0.1) is 0 Å². The summed E-state index contributed by atoms with van der Waals surface area (Å²) in [5.41, 5.74) is -0.698. The molecule has 2 heterocycles. The SMILES string of the molecule is O=C1OC(c2ncc(Cl)cc2NS(=O)(=O)c2ccc(Cl)c(C(F)(F)F)c2)c2ccccc21. The van der Waals surface area contributed by atoms with Crippen LogP contribution in [0.25, 0.3) is 0 Å². The first-order chi connectivity index (χ1) is 15.0. The molecule has 0 saturated heterocycles. The van der Waals surface area contributed by atoms with E-state index in [-0.39, 0.29) is 22.0 Å². The summed E-state index contributed by atoms with van der Waals surface area (Å²) in [7, 11) is -4.52. The molecule has 0 radical (unpaired) electrons. The number of nitrogens with zero attached hydrogens (tertiary/aromatic N) is 1. The van der Waals surface area contributed by atoms with Crippen LogP contribution in [-0.2, 0) is 20.9 Å². The minimum atomic E-state index is -4.85. The lowest BCUT2D eigenvalue weighted by Crippen LogP contribution is -2.17. The van der Waals surface area contributed by atoms with E-state index in [2.05, 4.69) is 9.71 Å². The molecule has 1 aromatic heterocycles. The lowest BCUT2D eigenvalue weighted by molar-refractivity contribution is -0.137. The fourth-order valence-electron chi connectivity index (χ4n) is 3.18. The number of hydrogen-bond acceptors (Lipinski definition) is 5. The number of alkyl halides is 3. The van der Waals surface area contributed by atoms with Gasteiger partial charge in [0, 0.05) is 11.8 Å². The van der Waals surface area contributed by atoms with Crippen LogP contribution in [0.3, 0.4) is 0 Å². The molecule has 12 heteroatoms. The Labute approximate surface area is 190 Å². The first-order valence-electron chi connectivity index (χ1n) is 8.82. The maximum absolute atomic E-state index is 13.2. The second-order valence-corrected chi connectivity index (χ2v) is 9.23. The quantitative estimate of drug-likeness (QED) is 0.478. The molecular weight excluding hydrogens is 492 g/mol. The van der Waals surface area contributed by atoms with E-state index in [1.807, 2.05) is 0 Å². The summed E-state index contributed by atoms with van der Waals surface area (Å²) in [4.78, 5) is 15.6. The molecule has 0 spiro atoms. The number of hydrogen-bond donors (Lipinski definition) is 1. The second kappa shape index (κ2) is 7.95. The number of benzene rings is 2. The Balaban J connectivity index is 1.77. The van der Waals surface area contributed by atoms with Gasteiger partial charge in [-0.1, -0.05) is 41.4 Å². The molecule has 166 valence electrons. The van der Waals surface area contributed by atoms with Crippen LogP contribution in [0.1, 0.15) is 33.3 Å². The summed E-state index contributed by atoms with van der Waals surface area (Å²) < 4.78 is 72.8. The molecule has 2 aromatic carbocycles. The number of carbonyl (C=O) groups excluding carboxylic acids is 1. The molecule has 0 saturated carbocycles. The van der Waals surface area contributed by atoms with E-state index in [0.29, 0.717) is 11.6 Å². The highest BCUT2D eigenvalue weighted by Gasteiger charge is 2.36. The third-order valence-electron chi connectivity index (χ3n) is 4.62. The van der Waals surface area contributed by atoms with Crippen LogP contribution in [-0.4, -0.2) is 19.4 Å². The Kier molecular flexibility index (Phi) is 5.56. The van der Waals surface area contributed by atoms with Gasteiger partial charge in [-0.05, 0) is 30.3 Å². The van der Waals surface area contributed by atoms with Crippen molar-refractivity contribution in [2.45, 2.75) is 17.2 Å². The maximum Gasteiger partial charge on any atom is 0.417 e. The average molecular weight is 503 g/mol. The number of aromatic nitrogens is 1. The minimum absolute atomic E-state index is 0.0151. The first-order valence-corrected chi connectivity index (χ1v) is 11.1. The van der Waals surface area contributed by atoms with E-state index in [1.54, 1.807) is 24.3 Å². The summed E-state index contributed by atoms with van der Waals surface area (Å²) in [6, 6.07) is 9.88. The van der Waals surface area contributed by atoms with Crippen LogP contribution in [0.4, 0.5) is 18.9 Å². The van der Waals surface area contributed by atoms with Crippen LogP contribution >= 0.6 is 23.2 Å². The van der Waals surface area contributed by atoms with E-state index in [0.717, 1.165) is 12.1 Å². The van der Waals surface area contributed by atoms with Gasteiger partial charge in [0.05, 0.1) is 31.8 Å². The molecular formula is C20H11Cl2F3N2O4S. The zero-order chi connectivity index (χ0) is 23.3. The highest BCUT2D eigenvalue weighted by Crippen LogP contribution is 2.40. The summed E-state index contributed by atoms with van der Waals surface area (Å²) in [6.45, 7) is 0. The number of rotatable bonds is 4. The zero-order valence-corrected chi connectivity index (χ0v) is 18.0. The number of carbonyl (C=O) groups is 1. The summed E-state index contributed by atoms with van der Waals surface area (Å²) in [6.07, 6.45) is -4.66. The molecule has 1 N–H and O–H groups in total. The van der Waals surface area contributed by atoms with Gasteiger partial charge in [0.15, 0.2) is 6.10 Å². The minimum Gasteiger partial charge on any atom is -0.447 e. The van der Waals surface area contributed by atoms with Gasteiger partial charge < -0.3 is 4.74 Å². The number of ether oxygens (including phenoxy) is 1. The molecule has 0 fully saturated rings. The Hall–Kier alpha value is -2.82. The largest absolute Gasteiger partial charge is 0.447 e. The van der Waals surface area contributed by atoms with Crippen molar-refractivity contribution in [2.75, 3.05) is 4.72 Å². The summed E-state index contributed by atoms with van der Waals surface area (Å²) in [5.74, 6) is -0.622. The van der Waals surface area contributed by atoms with Gasteiger partial charge in [-0.2, -0.15) is 13.2 Å². The van der Waals surface area contributed by atoms with Crippen molar-refractivity contribution >= 4 is 44.9 Å². The molecule has 1 aliphatic heterocycles. The normalized spacial score (nSPS) is 15.9. The molecule has 6 nitrogen and oxygen atoms in total. The first kappa shape index (κ1) is 22.4. The molecule has 1 aliphatic rings. The Bertz CT molecular complexity index is 1350. The van der Waals surface area contributed by atoms with Crippen molar-refractivity contribution in [3.05, 3.63) is 87.2 Å². The van der Waals surface area contributed by atoms with Gasteiger partial charge >= 0.3 is 12.1 Å². The Morgan fingerprint density at radius 2 is 1.78 bits per heavy atom. The molecule has 1 atom stereocenters. The average Bonchev–Trinajstić information content (AvgIpc) is 3.04. The van der Waals surface area contributed by atoms with Crippen molar-refractivity contribution in [3.63, 3.8) is 0 Å². The number of pyridine rings is 1. The van der Waals surface area contributed by atoms with Crippen molar-refractivity contribution in [1.82, 2.24) is 4.98 Å². The topological polar surface area (TPSA) is 85.4 Å². The standard InChI is InChI=1S/C20H11Cl2F3N2O4S/c21-10-7-16(17(26-9-10)18-12-3-1-2-4-13(12)19(28)31-18)27-32(29,30)11-5-6-15(22)14(8-11)20(23,24)25/h1-9,18,27H. The van der Waals surface area contributed by atoms with Crippen LogP contribution in [0.2, 0.25) is 10.0 Å². The predicted octanol–water partition coefficient (Wildman–Crippen LogP) is 5.47. The van der Waals surface area contributed by atoms with E-state index >= 15 is 0 Å². The molecule has 32 heavy (non-hydrogen) atoms. The van der Waals surface area contributed by atoms with Crippen molar-refractivity contribution in [1.29, 1.82) is 0 Å². The highest BCUT2D eigenvalue weighted by molar-refractivity contribution is 7.92. The molecule has 3 aromatic rings. The molecule has 1 unspecified atom stereocenters. The number of nitrogens with one attached hydrogen (secondary N) is 1. The number of halogens is 5. The smallest absolute Gasteiger partial charge is 0.417 e. The van der Waals surface area contributed by atoms with Gasteiger partial charge in [0.2, 0.25) is 0 Å². The van der Waals surface area contributed by atoms with Crippen LogP contribution < -0.4 is 4.72 Å². The van der Waals surface area contributed by atoms with Crippen LogP contribution in [0.5, 0.6) is 0 Å². The van der Waals surface area contributed by atoms with Crippen molar-refractivity contribution in [2.24, 2.45) is 0 Å². The lowest BCUT2D eigenvalue weighted by atomic mass is 10.0. The number of fused-ring (bicyclic) bond motifs is 1. The number of cyclic esters (lactones) is 1. The summed E-state index contributed by atoms with van der Waals surface area (Å²) in [5, 5.41) is -0.591. The number of sulfonamides is 1. The fourth-order valence-corrected chi connectivity index (χ4v) is 4.66. The number of anilines is 1. The van der Waals surface area contributed by atoms with E-state index in [4.69, 9.17) is 27.9 Å². The third-order valence-corrected chi connectivity index (χ3v) is 6.52. The van der Waals surface area contributed by atoms with Gasteiger partial charge in [-0.25, -0.2) is 13.2 Å². The molecule has 4 rings (SSSR count). The van der Waals surface area contributed by atoms with Crippen LogP contribution in [0, 0.1) is 0 Å². The monoisotopic (exact) mass is 502 g/mol. The van der Waals surface area contributed by atoms with Crippen molar-refractivity contribution < 1.29 is 31.1 Å². The van der Waals surface area contributed by atoms with Crippen LogP contribution in [0.15, 0.2) is 59.6 Å². The molecule has 0 bridgehead atoms. The van der Waals surface area contributed by atoms with E-state index in [1.165, 1.54) is 12.3 Å². The van der Waals surface area contributed by atoms with Gasteiger partial charge in [0.25, 0.3) is 10.0 Å². The zero-order valence-electron chi connectivity index (χ0n) is 15.7. The Morgan fingerprint density at radius 1 is 1.06 bits per heavy atom. The predicted molar refractivity (Wildman–Crippen MR) is 110 cm³/mol. The van der Waals surface area contributed by atoms with Crippen molar-refractivity contribution in [3.8, 4) is 0 Å². The summed E-state index contributed by atoms with van der Waals surface area (Å²) >= 11 is 11.5. The van der Waals surface area contributed by atoms with E-state index in [9.17, 15) is 26.4 Å². The third kappa shape index (κ3) is 4.13. The Morgan fingerprint density at radius 3 is 2.50 bits per heavy atom. The fraction of sp³-hybridized carbons (Fsp3) is 0.100. The van der Waals surface area contributed by atoms with E-state index < -0.39 is 43.8 Å². The molecule has 0 amide bonds. The van der Waals surface area contributed by atoms with Gasteiger partial charge in [-0.3, -0.25) is 9.71 Å². The number of esters is 1. The molecule has 0 aliphatic carbocycles.